The quantitative estimate of drug-likeness (QED) is 0.0985. The van der Waals surface area contributed by atoms with Gasteiger partial charge in [0.05, 0.1) is 0 Å². The first kappa shape index (κ1) is 31.4. The maximum Gasteiger partial charge on any atom is 0.318 e. The maximum absolute atomic E-state index is 5.25. The van der Waals surface area contributed by atoms with Gasteiger partial charge in [0, 0.05) is 37.6 Å². The first-order valence-corrected chi connectivity index (χ1v) is 10.3. The molecule has 6 nitrogen and oxygen atoms in total. The molecule has 0 radical (unpaired) electrons. The van der Waals surface area contributed by atoms with Crippen LogP contribution >= 0.6 is 35.3 Å². The molecule has 0 aliphatic rings. The average molecular weight is 470 g/mol. The van der Waals surface area contributed by atoms with Crippen LogP contribution in [0.25, 0.3) is 0 Å². The zero-order chi connectivity index (χ0) is 17.6. The Morgan fingerprint density at radius 2 is 0.773 bits per heavy atom. The number of thioether (sulfide) groups is 3. The van der Waals surface area contributed by atoms with E-state index >= 15 is 0 Å². The number of nitrogens with zero attached hydrogens (tertiary/aromatic N) is 3. The summed E-state index contributed by atoms with van der Waals surface area (Å²) in [5.41, 5.74) is 0. The fourth-order valence-corrected chi connectivity index (χ4v) is 1.30. The maximum atomic E-state index is 5.25. The number of rotatable bonds is 0. The number of hydrogen-bond acceptors (Lipinski definition) is 6. The molecule has 0 aliphatic heterocycles. The zero-order valence-corrected chi connectivity index (χ0v) is 19.6. The van der Waals surface area contributed by atoms with E-state index < -0.39 is 0 Å². The van der Waals surface area contributed by atoms with E-state index in [4.69, 9.17) is 17.5 Å². The van der Waals surface area contributed by atoms with Crippen molar-refractivity contribution in [3.8, 4) is 0 Å². The van der Waals surface area contributed by atoms with Gasteiger partial charge in [0.1, 0.15) is 0 Å². The van der Waals surface area contributed by atoms with Gasteiger partial charge < -0.3 is 0 Å². The van der Waals surface area contributed by atoms with Crippen LogP contribution in [0.3, 0.4) is 0 Å². The Kier molecular flexibility index (Phi) is 29.4. The van der Waals surface area contributed by atoms with Gasteiger partial charge in [-0.25, -0.2) is 0 Å². The third-order valence-electron chi connectivity index (χ3n) is 1.45. The van der Waals surface area contributed by atoms with Crippen LogP contribution in [0.4, 0.5) is 0 Å². The fourth-order valence-electron chi connectivity index (χ4n) is 0.432. The first-order chi connectivity index (χ1) is 9.54. The molecule has 0 rings (SSSR count). The molecule has 0 saturated heterocycles. The summed E-state index contributed by atoms with van der Waals surface area (Å²) in [6.07, 6.45) is 5.77. The van der Waals surface area contributed by atoms with Crippen molar-refractivity contribution in [2.24, 2.45) is 17.5 Å². The summed E-state index contributed by atoms with van der Waals surface area (Å²) in [6.45, 7) is 0. The van der Waals surface area contributed by atoms with Crippen LogP contribution < -0.4 is 17.5 Å². The molecule has 0 heterocycles. The van der Waals surface area contributed by atoms with Gasteiger partial charge in [-0.3, -0.25) is 17.5 Å². The van der Waals surface area contributed by atoms with Gasteiger partial charge in [-0.1, -0.05) is 35.3 Å². The Morgan fingerprint density at radius 3 is 0.773 bits per heavy atom. The molecule has 0 spiro atoms. The normalized spacial score (nSPS) is 9.27. The molecule has 136 valence electrons. The molecule has 0 atom stereocenters. The Balaban J connectivity index is -0.000000108. The molecule has 0 amide bonds. The molecule has 0 aromatic heterocycles. The van der Waals surface area contributed by atoms with Gasteiger partial charge in [0.25, 0.3) is 0 Å². The van der Waals surface area contributed by atoms with E-state index in [1.54, 1.807) is 21.1 Å². The predicted octanol–water partition coefficient (Wildman–Crippen LogP) is -1.44. The van der Waals surface area contributed by atoms with Crippen molar-refractivity contribution in [1.82, 2.24) is 15.0 Å². The molecule has 0 saturated carbocycles. The molecule has 22 heavy (non-hydrogen) atoms. The van der Waals surface area contributed by atoms with Gasteiger partial charge in [0.15, 0.2) is 36.7 Å². The SMILES string of the molecule is CSC(=[SH+])N(C)N.CSC(=[SH+])N(C)N.CSC(=[SH+])N(C)N.[Ni]. The smallest absolute Gasteiger partial charge is 0.260 e. The van der Waals surface area contributed by atoms with Crippen molar-refractivity contribution in [3.05, 3.63) is 0 Å². The molecule has 13 heteroatoms. The summed E-state index contributed by atoms with van der Waals surface area (Å²) in [4.78, 5) is 0. The van der Waals surface area contributed by atoms with E-state index in [2.05, 4.69) is 36.7 Å². The number of hydrogen-bond donors (Lipinski definition) is 3. The van der Waals surface area contributed by atoms with Crippen LogP contribution in [0.15, 0.2) is 0 Å². The minimum Gasteiger partial charge on any atom is -0.260 e. The molecule has 0 aliphatic carbocycles. The van der Waals surface area contributed by atoms with Crippen LogP contribution in [0.5, 0.6) is 0 Å². The van der Waals surface area contributed by atoms with Crippen LogP contribution in [-0.2, 0) is 53.1 Å². The van der Waals surface area contributed by atoms with Crippen LogP contribution in [-0.4, -0.2) is 67.9 Å². The minimum atomic E-state index is 0. The van der Waals surface area contributed by atoms with Crippen LogP contribution in [0.1, 0.15) is 0 Å². The summed E-state index contributed by atoms with van der Waals surface area (Å²) in [7, 11) is 5.25. The molecule has 6 N–H and O–H groups in total. The summed E-state index contributed by atoms with van der Waals surface area (Å²) < 4.78 is 2.46. The second-order valence-electron chi connectivity index (χ2n) is 3.29. The molecule has 0 unspecified atom stereocenters. The molecule has 0 bridgehead atoms. The van der Waals surface area contributed by atoms with Crippen molar-refractivity contribution >= 4 is 84.9 Å². The number of thiol groups is 3. The van der Waals surface area contributed by atoms with Gasteiger partial charge in [0.2, 0.25) is 0 Å². The van der Waals surface area contributed by atoms with Crippen molar-refractivity contribution in [1.29, 1.82) is 0 Å². The molecular weight excluding hydrogens is 443 g/mol. The summed E-state index contributed by atoms with van der Waals surface area (Å²) in [5, 5.41) is 4.40. The van der Waals surface area contributed by atoms with E-state index in [0.717, 1.165) is 13.0 Å². The zero-order valence-electron chi connectivity index (χ0n) is 13.5. The van der Waals surface area contributed by atoms with Crippen LogP contribution in [0, 0.1) is 0 Å². The Hall–Kier alpha value is 1.57. The topological polar surface area (TPSA) is 87.8 Å². The van der Waals surface area contributed by atoms with Crippen molar-refractivity contribution in [2.75, 3.05) is 39.9 Å². The van der Waals surface area contributed by atoms with Crippen LogP contribution in [0.2, 0.25) is 0 Å². The Labute approximate surface area is 172 Å². The fraction of sp³-hybridized carbons (Fsp3) is 0.667. The van der Waals surface area contributed by atoms with Crippen molar-refractivity contribution in [3.63, 3.8) is 0 Å². The van der Waals surface area contributed by atoms with Gasteiger partial charge in [-0.15, -0.1) is 0 Å². The largest absolute Gasteiger partial charge is 0.318 e. The second kappa shape index (κ2) is 20.6. The van der Waals surface area contributed by atoms with Gasteiger partial charge >= 0.3 is 13.0 Å². The molecule has 0 aromatic carbocycles. The summed E-state index contributed by atoms with van der Waals surface area (Å²) in [5.74, 6) is 15.7. The molecule has 0 fully saturated rings. The standard InChI is InChI=1S/3C3H8N2S2.Ni/c3*1-5(4)3(6)7-2;/h3*4H2,1-2H3;/p+3. The average Bonchev–Trinajstić information content (AvgIpc) is 2.45. The number of hydrazine groups is 3. The monoisotopic (exact) mass is 469 g/mol. The van der Waals surface area contributed by atoms with E-state index in [1.807, 2.05) is 18.8 Å². The van der Waals surface area contributed by atoms with Crippen molar-refractivity contribution in [2.45, 2.75) is 0 Å². The number of nitrogens with two attached hydrogens (primary N) is 3. The summed E-state index contributed by atoms with van der Waals surface area (Å²) >= 11 is 16.6. The van der Waals surface area contributed by atoms with Crippen molar-refractivity contribution < 1.29 is 16.5 Å². The third kappa shape index (κ3) is 23.8. The second-order valence-corrected chi connectivity index (χ2v) is 7.86. The predicted molar refractivity (Wildman–Crippen MR) is 118 cm³/mol. The molecular formula is C9H27N6NiS6+3. The first-order valence-electron chi connectivity index (χ1n) is 5.29. The summed E-state index contributed by atoms with van der Waals surface area (Å²) in [6, 6.07) is 0. The van der Waals surface area contributed by atoms with E-state index in [-0.39, 0.29) is 16.5 Å². The van der Waals surface area contributed by atoms with Gasteiger partial charge in [-0.2, -0.15) is 15.0 Å². The molecule has 0 aromatic rings. The van der Waals surface area contributed by atoms with E-state index in [1.165, 1.54) is 50.3 Å². The van der Waals surface area contributed by atoms with E-state index in [9.17, 15) is 0 Å². The van der Waals surface area contributed by atoms with E-state index in [0.29, 0.717) is 0 Å². The Morgan fingerprint density at radius 1 is 0.636 bits per heavy atom. The minimum absolute atomic E-state index is 0. The van der Waals surface area contributed by atoms with Gasteiger partial charge in [-0.05, 0) is 18.8 Å². The third-order valence-corrected chi connectivity index (χ3v) is 6.00. The Bertz CT molecular complexity index is 267.